The highest BCUT2D eigenvalue weighted by Gasteiger charge is 2.05. The Hall–Kier alpha value is -4.16. The van der Waals surface area contributed by atoms with Gasteiger partial charge in [-0.3, -0.25) is 0 Å². The highest BCUT2D eigenvalue weighted by Crippen LogP contribution is 2.24. The van der Waals surface area contributed by atoms with Crippen LogP contribution in [0.4, 0.5) is 0 Å². The van der Waals surface area contributed by atoms with Gasteiger partial charge in [0.1, 0.15) is 0 Å². The first kappa shape index (κ1) is 57.9. The van der Waals surface area contributed by atoms with E-state index in [0.717, 1.165) is 12.3 Å². The standard InChI is InChI=1S/8C8H12/c3*1-7-3-5-8(2)6-4-7;5*1-2-8-6-4-3-5-7-8/h3,6H,4-5H2,1-2H3;3,5H,4,6H2,1-2H3;1-6H2;3-4,7H,2,5-6H2,1H3;2,4,6H,3,5,7H2,1H3;2,6H,1,3-5,7H2;2,4,6,8H,1,3,5,7H2;2-4,8H,1,5-7H2/b;;;;8-2+;;;. The van der Waals surface area contributed by atoms with Gasteiger partial charge in [-0.25, -0.2) is 0 Å². The fourth-order valence-electron chi connectivity index (χ4n) is 7.67. The van der Waals surface area contributed by atoms with Gasteiger partial charge in [0.15, 0.2) is 0 Å². The van der Waals surface area contributed by atoms with Crippen molar-refractivity contribution in [1.29, 1.82) is 0 Å². The molecule has 8 aliphatic rings. The van der Waals surface area contributed by atoms with Crippen LogP contribution >= 0.6 is 0 Å². The number of hydrogen-bond donors (Lipinski definition) is 0. The zero-order valence-electron chi connectivity index (χ0n) is 42.6. The van der Waals surface area contributed by atoms with E-state index in [4.69, 9.17) is 0 Å². The molecule has 8 rings (SSSR count). The minimum absolute atomic E-state index is 0.670. The smallest absolute Gasteiger partial charge is 0.00561 e. The Morgan fingerprint density at radius 2 is 1.22 bits per heavy atom. The Kier molecular flexibility index (Phi) is 35.5. The summed E-state index contributed by atoms with van der Waals surface area (Å²) in [5.41, 5.74) is 13.4. The van der Waals surface area contributed by atoms with Gasteiger partial charge >= 0.3 is 0 Å². The third-order valence-electron chi connectivity index (χ3n) is 12.7. The maximum Gasteiger partial charge on any atom is -0.00561 e. The van der Waals surface area contributed by atoms with Gasteiger partial charge in [0.05, 0.1) is 0 Å². The highest BCUT2D eigenvalue weighted by molar-refractivity contribution is 5.22. The third kappa shape index (κ3) is 32.5. The van der Waals surface area contributed by atoms with Crippen LogP contribution in [0.5, 0.6) is 0 Å². The third-order valence-corrected chi connectivity index (χ3v) is 12.7. The van der Waals surface area contributed by atoms with E-state index in [9.17, 15) is 0 Å². The molecule has 0 radical (unpaired) electrons. The van der Waals surface area contributed by atoms with Gasteiger partial charge in [-0.2, -0.15) is 0 Å². The van der Waals surface area contributed by atoms with Gasteiger partial charge in [-0.1, -0.05) is 186 Å². The topological polar surface area (TPSA) is 0 Å². The number of hydrogen-bond acceptors (Lipinski definition) is 0. The molecule has 0 saturated heterocycles. The van der Waals surface area contributed by atoms with Gasteiger partial charge < -0.3 is 0 Å². The van der Waals surface area contributed by atoms with Crippen molar-refractivity contribution in [3.05, 3.63) is 192 Å². The summed E-state index contributed by atoms with van der Waals surface area (Å²) in [6, 6.07) is 0. The van der Waals surface area contributed by atoms with Crippen LogP contribution in [0.3, 0.4) is 0 Å². The molecule has 64 heavy (non-hydrogen) atoms. The summed E-state index contributed by atoms with van der Waals surface area (Å²) in [5, 5.41) is 0. The second kappa shape index (κ2) is 39.2. The molecule has 8 aliphatic carbocycles. The molecule has 0 spiro atoms. The molecule has 1 fully saturated rings. The zero-order chi connectivity index (χ0) is 47.0. The summed E-state index contributed by atoms with van der Waals surface area (Å²) in [6.07, 6.45) is 69.8. The SMILES string of the molecule is C/C=C1\C=CCCC1.C=C1CCC(=C)CC1.C=CC1=CCCCC1.C=CC1C=CCCC1.C=CC1CC=CCC1.CC1=CC=C(C)CC1.CC1=CCC(C)=CC1.CCC1=CCC=CC1. The lowest BCUT2D eigenvalue weighted by atomic mass is 9.93. The van der Waals surface area contributed by atoms with E-state index in [2.05, 4.69) is 172 Å². The minimum Gasteiger partial charge on any atom is -0.103 e. The lowest BCUT2D eigenvalue weighted by molar-refractivity contribution is 0.585. The summed E-state index contributed by atoms with van der Waals surface area (Å²) < 4.78 is 0. The molecule has 2 unspecified atom stereocenters. The summed E-state index contributed by atoms with van der Waals surface area (Å²) in [4.78, 5) is 0. The molecular formula is C64H96. The van der Waals surface area contributed by atoms with Gasteiger partial charge in [0, 0.05) is 0 Å². The molecule has 0 aromatic carbocycles. The summed E-state index contributed by atoms with van der Waals surface area (Å²) >= 11 is 0. The van der Waals surface area contributed by atoms with Crippen molar-refractivity contribution < 1.29 is 0 Å². The highest BCUT2D eigenvalue weighted by atomic mass is 14.1. The second-order valence-electron chi connectivity index (χ2n) is 18.6. The lowest BCUT2D eigenvalue weighted by Crippen LogP contribution is -1.96. The van der Waals surface area contributed by atoms with Crippen molar-refractivity contribution in [2.24, 2.45) is 11.8 Å². The van der Waals surface area contributed by atoms with E-state index in [0.29, 0.717) is 5.92 Å². The van der Waals surface area contributed by atoms with Crippen LogP contribution in [0.15, 0.2) is 192 Å². The molecule has 2 atom stereocenters. The number of rotatable bonds is 4. The number of allylic oxidation sites excluding steroid dienone is 27. The second-order valence-corrected chi connectivity index (χ2v) is 18.6. The van der Waals surface area contributed by atoms with Crippen LogP contribution in [-0.4, -0.2) is 0 Å². The van der Waals surface area contributed by atoms with Crippen LogP contribution in [0.2, 0.25) is 0 Å². The summed E-state index contributed by atoms with van der Waals surface area (Å²) in [6.45, 7) is 32.1. The van der Waals surface area contributed by atoms with Crippen LogP contribution in [0, 0.1) is 11.8 Å². The fourth-order valence-corrected chi connectivity index (χ4v) is 7.67. The molecular weight excluding hydrogens is 769 g/mol. The molecule has 0 aromatic heterocycles. The first-order chi connectivity index (χ1) is 31.0. The molecule has 0 aromatic rings. The Morgan fingerprint density at radius 1 is 0.562 bits per heavy atom. The summed E-state index contributed by atoms with van der Waals surface area (Å²) in [7, 11) is 0. The van der Waals surface area contributed by atoms with Gasteiger partial charge in [0.2, 0.25) is 0 Å². The van der Waals surface area contributed by atoms with Crippen molar-refractivity contribution in [3.63, 3.8) is 0 Å². The quantitative estimate of drug-likeness (QED) is 0.247. The Labute approximate surface area is 398 Å². The molecule has 0 amide bonds. The van der Waals surface area contributed by atoms with Crippen molar-refractivity contribution >= 4 is 0 Å². The van der Waals surface area contributed by atoms with Crippen molar-refractivity contribution in [2.75, 3.05) is 0 Å². The maximum atomic E-state index is 3.91. The van der Waals surface area contributed by atoms with Crippen molar-refractivity contribution in [3.8, 4) is 0 Å². The maximum absolute atomic E-state index is 3.91. The normalized spacial score (nSPS) is 22.4. The van der Waals surface area contributed by atoms with E-state index in [1.165, 1.54) is 192 Å². The molecule has 0 bridgehead atoms. The molecule has 0 nitrogen and oxygen atoms in total. The Bertz CT molecular complexity index is 1640. The molecule has 0 N–H and O–H groups in total. The average molecular weight is 865 g/mol. The van der Waals surface area contributed by atoms with Crippen molar-refractivity contribution in [1.82, 2.24) is 0 Å². The van der Waals surface area contributed by atoms with Crippen LogP contribution in [0.1, 0.15) is 196 Å². The lowest BCUT2D eigenvalue weighted by Gasteiger charge is -2.13. The largest absolute Gasteiger partial charge is 0.103 e. The first-order valence-electron chi connectivity index (χ1n) is 25.5. The van der Waals surface area contributed by atoms with E-state index >= 15 is 0 Å². The van der Waals surface area contributed by atoms with E-state index in [1.807, 2.05) is 12.2 Å². The minimum atomic E-state index is 0.670. The van der Waals surface area contributed by atoms with E-state index in [1.54, 1.807) is 5.57 Å². The average Bonchev–Trinajstić information content (AvgIpc) is 3.37. The monoisotopic (exact) mass is 865 g/mol. The fraction of sp³-hybridized carbons (Fsp3) is 0.500. The Morgan fingerprint density at radius 3 is 1.55 bits per heavy atom. The first-order valence-corrected chi connectivity index (χ1v) is 25.5. The molecule has 1 saturated carbocycles. The van der Waals surface area contributed by atoms with E-state index in [-0.39, 0.29) is 0 Å². The molecule has 0 heterocycles. The molecule has 352 valence electrons. The van der Waals surface area contributed by atoms with Crippen LogP contribution in [-0.2, 0) is 0 Å². The van der Waals surface area contributed by atoms with Gasteiger partial charge in [-0.05, 0) is 201 Å². The van der Waals surface area contributed by atoms with Gasteiger partial charge in [0.25, 0.3) is 0 Å². The summed E-state index contributed by atoms with van der Waals surface area (Å²) in [5.74, 6) is 1.43. The predicted molar refractivity (Wildman–Crippen MR) is 294 cm³/mol. The molecule has 0 aliphatic heterocycles. The Balaban J connectivity index is 0.000000366. The predicted octanol–water partition coefficient (Wildman–Crippen LogP) is 21.1. The van der Waals surface area contributed by atoms with Crippen LogP contribution in [0.25, 0.3) is 0 Å². The van der Waals surface area contributed by atoms with Crippen molar-refractivity contribution in [2.45, 2.75) is 196 Å². The van der Waals surface area contributed by atoms with Crippen LogP contribution < -0.4 is 0 Å². The zero-order valence-corrected chi connectivity index (χ0v) is 42.6. The van der Waals surface area contributed by atoms with Gasteiger partial charge in [-0.15, -0.1) is 13.2 Å². The molecule has 0 heteroatoms. The van der Waals surface area contributed by atoms with E-state index < -0.39 is 0 Å².